The van der Waals surface area contributed by atoms with E-state index in [1.165, 1.54) is 0 Å². The second-order valence-corrected chi connectivity index (χ2v) is 8.68. The Kier molecular flexibility index (Phi) is 10.9. The molecule has 190 valence electrons. The molecule has 0 atom stereocenters. The molecule has 3 aromatic heterocycles. The molecule has 0 aliphatic heterocycles. The van der Waals surface area contributed by atoms with E-state index >= 15 is 0 Å². The van der Waals surface area contributed by atoms with E-state index in [9.17, 15) is 0 Å². The Morgan fingerprint density at radius 3 is 2.51 bits per heavy atom. The lowest BCUT2D eigenvalue weighted by atomic mass is 10.0. The summed E-state index contributed by atoms with van der Waals surface area (Å²) in [6, 6.07) is 8.21. The van der Waals surface area contributed by atoms with Crippen LogP contribution in [0.4, 0.5) is 11.4 Å². The lowest BCUT2D eigenvalue weighted by molar-refractivity contribution is 0.897. The highest BCUT2D eigenvalue weighted by Crippen LogP contribution is 2.28. The van der Waals surface area contributed by atoms with E-state index in [4.69, 9.17) is 5.73 Å². The van der Waals surface area contributed by atoms with Crippen LogP contribution in [0.15, 0.2) is 97.5 Å². The summed E-state index contributed by atoms with van der Waals surface area (Å²) in [6.07, 6.45) is 21.4. The zero-order valence-corrected chi connectivity index (χ0v) is 22.1. The molecule has 4 N–H and O–H groups in total. The van der Waals surface area contributed by atoms with E-state index in [0.717, 1.165) is 50.6 Å². The minimum absolute atomic E-state index is 0.315. The lowest BCUT2D eigenvalue weighted by Crippen LogP contribution is -2.10. The molecule has 6 nitrogen and oxygen atoms in total. The fourth-order valence-corrected chi connectivity index (χ4v) is 3.67. The number of aromatic nitrogens is 3. The largest absolute Gasteiger partial charge is 0.399 e. The van der Waals surface area contributed by atoms with Gasteiger partial charge in [0.25, 0.3) is 0 Å². The molecule has 0 spiro atoms. The highest BCUT2D eigenvalue weighted by Gasteiger charge is 2.11. The molecule has 0 radical (unpaired) electrons. The summed E-state index contributed by atoms with van der Waals surface area (Å²) in [4.78, 5) is 13.1. The van der Waals surface area contributed by atoms with Gasteiger partial charge < -0.3 is 16.4 Å². The molecule has 0 saturated carbocycles. The number of nitrogens with zero attached hydrogens (tertiary/aromatic N) is 3. The maximum absolute atomic E-state index is 6.35. The molecule has 0 aliphatic carbocycles. The second kappa shape index (κ2) is 14.1. The van der Waals surface area contributed by atoms with Gasteiger partial charge in [0.2, 0.25) is 0 Å². The normalized spacial score (nSPS) is 11.3. The van der Waals surface area contributed by atoms with Gasteiger partial charge in [-0.05, 0) is 74.7 Å². The minimum atomic E-state index is 0.315. The maximum atomic E-state index is 6.35. The first-order valence-electron chi connectivity index (χ1n) is 12.0. The topological polar surface area (TPSA) is 88.8 Å². The Hall–Kier alpha value is -4.63. The summed E-state index contributed by atoms with van der Waals surface area (Å²) in [5, 5.41) is 6.82. The van der Waals surface area contributed by atoms with E-state index in [0.29, 0.717) is 18.2 Å². The van der Waals surface area contributed by atoms with Crippen LogP contribution in [0.5, 0.6) is 0 Å². The van der Waals surface area contributed by atoms with Crippen molar-refractivity contribution in [2.24, 2.45) is 5.73 Å². The quantitative estimate of drug-likeness (QED) is 0.215. The van der Waals surface area contributed by atoms with Gasteiger partial charge in [0.05, 0.1) is 11.4 Å². The molecule has 3 aromatic rings. The monoisotopic (exact) mass is 492 g/mol. The van der Waals surface area contributed by atoms with Crippen LogP contribution in [-0.4, -0.2) is 21.0 Å². The molecule has 0 aromatic carbocycles. The van der Waals surface area contributed by atoms with Gasteiger partial charge in [-0.3, -0.25) is 15.0 Å². The molecule has 3 rings (SSSR count). The van der Waals surface area contributed by atoms with Crippen LogP contribution >= 0.6 is 0 Å². The van der Waals surface area contributed by atoms with Crippen LogP contribution in [-0.2, 0) is 0 Å². The summed E-state index contributed by atoms with van der Waals surface area (Å²) in [7, 11) is 0. The van der Waals surface area contributed by atoms with Gasteiger partial charge in [-0.2, -0.15) is 0 Å². The SMILES string of the molecule is C#C.C=C(CC(=C/C(=C)c1cncc(NC(C)C)c1)/C(N)=C\C)Nc1ccnc(-c2cccnc2)c1C. The smallest absolute Gasteiger partial charge is 0.0767 e. The molecule has 0 saturated heterocycles. The third kappa shape index (κ3) is 8.22. The molecule has 3 heterocycles. The van der Waals surface area contributed by atoms with E-state index < -0.39 is 0 Å². The van der Waals surface area contributed by atoms with Crippen LogP contribution in [0.3, 0.4) is 0 Å². The first kappa shape index (κ1) is 28.6. The predicted octanol–water partition coefficient (Wildman–Crippen LogP) is 6.73. The standard InChI is InChI=1S/C29H34N6.C2H2/c1-7-27(30)24(13-20(4)25-15-26(18-32-17-25)34-19(2)3)14-21(5)35-28-10-12-33-29(22(28)6)23-9-8-11-31-16-23;1-2/h7-13,15-19,34H,4-5,14,30H2,1-3,6H3,(H,33,35);1-2H/b24-13-,27-7+;. The van der Waals surface area contributed by atoms with Crippen molar-refractivity contribution in [3.63, 3.8) is 0 Å². The fraction of sp³-hybridized carbons (Fsp3) is 0.194. The number of anilines is 2. The Labute approximate surface area is 221 Å². The van der Waals surface area contributed by atoms with Gasteiger partial charge in [-0.1, -0.05) is 19.2 Å². The van der Waals surface area contributed by atoms with E-state index in [2.05, 4.69) is 65.4 Å². The number of allylic oxidation sites excluding steroid dienone is 5. The Morgan fingerprint density at radius 1 is 1.11 bits per heavy atom. The first-order valence-corrected chi connectivity index (χ1v) is 12.0. The zero-order chi connectivity index (χ0) is 27.4. The number of pyridine rings is 3. The number of terminal acetylenes is 1. The fourth-order valence-electron chi connectivity index (χ4n) is 3.67. The number of hydrogen-bond acceptors (Lipinski definition) is 6. The van der Waals surface area contributed by atoms with Crippen molar-refractivity contribution >= 4 is 16.9 Å². The van der Waals surface area contributed by atoms with Crippen molar-refractivity contribution in [1.82, 2.24) is 15.0 Å². The van der Waals surface area contributed by atoms with Gasteiger partial charge in [-0.15, -0.1) is 12.8 Å². The average molecular weight is 493 g/mol. The molecule has 0 amide bonds. The highest BCUT2D eigenvalue weighted by molar-refractivity contribution is 5.75. The van der Waals surface area contributed by atoms with Crippen molar-refractivity contribution in [2.45, 2.75) is 40.2 Å². The first-order chi connectivity index (χ1) is 17.8. The summed E-state index contributed by atoms with van der Waals surface area (Å²) >= 11 is 0. The average Bonchev–Trinajstić information content (AvgIpc) is 2.90. The molecule has 6 heteroatoms. The van der Waals surface area contributed by atoms with Crippen LogP contribution in [0.2, 0.25) is 0 Å². The number of nitrogens with two attached hydrogens (primary N) is 1. The van der Waals surface area contributed by atoms with Crippen molar-refractivity contribution in [3.05, 3.63) is 109 Å². The zero-order valence-electron chi connectivity index (χ0n) is 22.1. The summed E-state index contributed by atoms with van der Waals surface area (Å²) < 4.78 is 0. The van der Waals surface area contributed by atoms with E-state index in [-0.39, 0.29) is 0 Å². The van der Waals surface area contributed by atoms with Gasteiger partial charge in [0.15, 0.2) is 0 Å². The Bertz CT molecular complexity index is 1300. The summed E-state index contributed by atoms with van der Waals surface area (Å²) in [5.41, 5.74) is 15.3. The number of nitrogens with one attached hydrogen (secondary N) is 2. The van der Waals surface area contributed by atoms with Gasteiger partial charge in [0.1, 0.15) is 0 Å². The van der Waals surface area contributed by atoms with Crippen LogP contribution < -0.4 is 16.4 Å². The second-order valence-electron chi connectivity index (χ2n) is 8.68. The summed E-state index contributed by atoms with van der Waals surface area (Å²) in [5.74, 6) is 0. The van der Waals surface area contributed by atoms with Crippen LogP contribution in [0.25, 0.3) is 16.8 Å². The molecule has 37 heavy (non-hydrogen) atoms. The predicted molar refractivity (Wildman–Crippen MR) is 158 cm³/mol. The molecule has 0 aliphatic rings. The minimum Gasteiger partial charge on any atom is -0.399 e. The van der Waals surface area contributed by atoms with Crippen LogP contribution in [0, 0.1) is 19.8 Å². The maximum Gasteiger partial charge on any atom is 0.0767 e. The lowest BCUT2D eigenvalue weighted by Gasteiger charge is -2.17. The van der Waals surface area contributed by atoms with Crippen molar-refractivity contribution < 1.29 is 0 Å². The van der Waals surface area contributed by atoms with Crippen molar-refractivity contribution in [1.29, 1.82) is 0 Å². The Balaban J connectivity index is 0.00000235. The molecule has 0 unspecified atom stereocenters. The number of rotatable bonds is 10. The third-order valence-corrected chi connectivity index (χ3v) is 5.45. The van der Waals surface area contributed by atoms with Crippen molar-refractivity contribution in [3.8, 4) is 24.1 Å². The van der Waals surface area contributed by atoms with Crippen LogP contribution in [0.1, 0.15) is 38.3 Å². The van der Waals surface area contributed by atoms with Gasteiger partial charge in [-0.25, -0.2) is 0 Å². The van der Waals surface area contributed by atoms with E-state index in [1.807, 2.05) is 62.7 Å². The number of hydrogen-bond donors (Lipinski definition) is 3. The van der Waals surface area contributed by atoms with E-state index in [1.54, 1.807) is 18.6 Å². The van der Waals surface area contributed by atoms with Gasteiger partial charge >= 0.3 is 0 Å². The van der Waals surface area contributed by atoms with Crippen molar-refractivity contribution in [2.75, 3.05) is 10.6 Å². The molecular weight excluding hydrogens is 456 g/mol. The summed E-state index contributed by atoms with van der Waals surface area (Å²) in [6.45, 7) is 16.7. The Morgan fingerprint density at radius 2 is 1.86 bits per heavy atom. The molecule has 0 bridgehead atoms. The third-order valence-electron chi connectivity index (χ3n) is 5.45. The highest BCUT2D eigenvalue weighted by atomic mass is 14.9. The molecular formula is C31H36N6. The molecule has 0 fully saturated rings. The van der Waals surface area contributed by atoms with Gasteiger partial charge in [0, 0.05) is 71.7 Å².